The highest BCUT2D eigenvalue weighted by molar-refractivity contribution is 5.75. The maximum Gasteiger partial charge on any atom is 0.242 e. The van der Waals surface area contributed by atoms with Gasteiger partial charge in [0.1, 0.15) is 6.54 Å². The smallest absolute Gasteiger partial charge is 0.242 e. The average molecular weight is 234 g/mol. The van der Waals surface area contributed by atoms with Gasteiger partial charge in [-0.3, -0.25) is 14.2 Å². The second kappa shape index (κ2) is 4.69. The lowest BCUT2D eigenvalue weighted by Gasteiger charge is -2.05. The molecule has 0 aromatic carbocycles. The van der Waals surface area contributed by atoms with Gasteiger partial charge in [-0.1, -0.05) is 0 Å². The van der Waals surface area contributed by atoms with Crippen LogP contribution in [0.5, 0.6) is 0 Å². The second-order valence-corrected chi connectivity index (χ2v) is 3.69. The quantitative estimate of drug-likeness (QED) is 0.747. The lowest BCUT2D eigenvalue weighted by atomic mass is 10.4. The van der Waals surface area contributed by atoms with Crippen molar-refractivity contribution in [2.45, 2.75) is 13.1 Å². The van der Waals surface area contributed by atoms with Crippen LogP contribution in [-0.2, 0) is 24.9 Å². The molecule has 0 unspecified atom stereocenters. The summed E-state index contributed by atoms with van der Waals surface area (Å²) < 4.78 is 3.21. The lowest BCUT2D eigenvalue weighted by molar-refractivity contribution is -0.122. The molecule has 3 N–H and O–H groups in total. The Kier molecular flexibility index (Phi) is 3.08. The third kappa shape index (κ3) is 2.83. The largest absolute Gasteiger partial charge is 0.396 e. The highest BCUT2D eigenvalue weighted by atomic mass is 16.2. The lowest BCUT2D eigenvalue weighted by Crippen LogP contribution is -2.28. The zero-order chi connectivity index (χ0) is 12.3. The van der Waals surface area contributed by atoms with Gasteiger partial charge in [0.25, 0.3) is 0 Å². The zero-order valence-electron chi connectivity index (χ0n) is 9.50. The van der Waals surface area contributed by atoms with Crippen molar-refractivity contribution < 1.29 is 4.79 Å². The van der Waals surface area contributed by atoms with E-state index in [9.17, 15) is 4.79 Å². The number of nitrogens with zero attached hydrogens (tertiary/aromatic N) is 4. The summed E-state index contributed by atoms with van der Waals surface area (Å²) in [6.45, 7) is 0.612. The van der Waals surface area contributed by atoms with Gasteiger partial charge < -0.3 is 11.1 Å². The van der Waals surface area contributed by atoms with Crippen molar-refractivity contribution in [2.24, 2.45) is 7.05 Å². The number of hydrogen-bond donors (Lipinski definition) is 2. The first kappa shape index (κ1) is 11.2. The Morgan fingerprint density at radius 3 is 2.94 bits per heavy atom. The van der Waals surface area contributed by atoms with Gasteiger partial charge >= 0.3 is 0 Å². The Hall–Kier alpha value is -2.31. The fraction of sp³-hybridized carbons (Fsp3) is 0.300. The monoisotopic (exact) mass is 234 g/mol. The third-order valence-corrected chi connectivity index (χ3v) is 2.35. The van der Waals surface area contributed by atoms with Gasteiger partial charge in [-0.2, -0.15) is 10.2 Å². The van der Waals surface area contributed by atoms with E-state index in [0.29, 0.717) is 12.2 Å². The van der Waals surface area contributed by atoms with Crippen LogP contribution in [0.3, 0.4) is 0 Å². The molecule has 0 fully saturated rings. The molecule has 0 aliphatic rings. The average Bonchev–Trinajstić information content (AvgIpc) is 2.85. The van der Waals surface area contributed by atoms with Crippen molar-refractivity contribution in [3.05, 3.63) is 30.4 Å². The molecule has 17 heavy (non-hydrogen) atoms. The summed E-state index contributed by atoms with van der Waals surface area (Å²) in [5, 5.41) is 10.7. The number of nitrogen functional groups attached to an aromatic ring is 1. The maximum atomic E-state index is 11.6. The van der Waals surface area contributed by atoms with Crippen molar-refractivity contribution in [1.29, 1.82) is 0 Å². The number of amides is 1. The molecule has 90 valence electrons. The molecule has 0 aliphatic heterocycles. The van der Waals surface area contributed by atoms with Gasteiger partial charge in [0.15, 0.2) is 0 Å². The standard InChI is InChI=1S/C10H14N6O/c1-15-9(2-3-13-15)5-12-10(17)7-16-6-8(11)4-14-16/h2-4,6H,5,7,11H2,1H3,(H,12,17). The fourth-order valence-corrected chi connectivity index (χ4v) is 1.43. The molecule has 2 rings (SSSR count). The third-order valence-electron chi connectivity index (χ3n) is 2.35. The van der Waals surface area contributed by atoms with Crippen molar-refractivity contribution >= 4 is 11.6 Å². The zero-order valence-corrected chi connectivity index (χ0v) is 9.50. The number of carbonyl (C=O) groups is 1. The molecule has 0 bridgehead atoms. The van der Waals surface area contributed by atoms with Crippen molar-refractivity contribution in [3.8, 4) is 0 Å². The molecular weight excluding hydrogens is 220 g/mol. The number of rotatable bonds is 4. The van der Waals surface area contributed by atoms with E-state index in [1.165, 1.54) is 10.9 Å². The Bertz CT molecular complexity index is 514. The molecule has 0 aliphatic carbocycles. The summed E-state index contributed by atoms with van der Waals surface area (Å²) in [6, 6.07) is 1.85. The Balaban J connectivity index is 1.84. The van der Waals surface area contributed by atoms with Crippen molar-refractivity contribution in [1.82, 2.24) is 24.9 Å². The van der Waals surface area contributed by atoms with Gasteiger partial charge in [-0.15, -0.1) is 0 Å². The summed E-state index contributed by atoms with van der Waals surface area (Å²) in [7, 11) is 1.83. The molecule has 2 heterocycles. The van der Waals surface area contributed by atoms with E-state index in [0.717, 1.165) is 5.69 Å². The number of nitrogens with one attached hydrogen (secondary N) is 1. The van der Waals surface area contributed by atoms with Gasteiger partial charge in [-0.25, -0.2) is 0 Å². The minimum Gasteiger partial charge on any atom is -0.396 e. The molecule has 1 amide bonds. The molecule has 0 saturated heterocycles. The first-order valence-electron chi connectivity index (χ1n) is 5.16. The number of anilines is 1. The molecule has 7 heteroatoms. The number of nitrogens with two attached hydrogens (primary N) is 1. The summed E-state index contributed by atoms with van der Waals surface area (Å²) in [5.74, 6) is -0.116. The van der Waals surface area contributed by atoms with Crippen LogP contribution in [0.15, 0.2) is 24.7 Å². The van der Waals surface area contributed by atoms with Gasteiger partial charge in [0.05, 0.1) is 24.1 Å². The first-order chi connectivity index (χ1) is 8.15. The molecule has 0 atom stereocenters. The number of aromatic nitrogens is 4. The Morgan fingerprint density at radius 1 is 1.53 bits per heavy atom. The molecule has 0 radical (unpaired) electrons. The van der Waals surface area contributed by atoms with Crippen LogP contribution in [-0.4, -0.2) is 25.5 Å². The molecule has 0 spiro atoms. The van der Waals surface area contributed by atoms with E-state index in [1.54, 1.807) is 17.1 Å². The van der Waals surface area contributed by atoms with Crippen LogP contribution in [0.25, 0.3) is 0 Å². The van der Waals surface area contributed by atoms with Gasteiger partial charge in [0.2, 0.25) is 5.91 Å². The van der Waals surface area contributed by atoms with E-state index in [1.807, 2.05) is 13.1 Å². The SMILES string of the molecule is Cn1nccc1CNC(=O)Cn1cc(N)cn1. The van der Waals surface area contributed by atoms with Crippen LogP contribution < -0.4 is 11.1 Å². The van der Waals surface area contributed by atoms with E-state index in [2.05, 4.69) is 15.5 Å². The van der Waals surface area contributed by atoms with E-state index in [-0.39, 0.29) is 12.5 Å². The highest BCUT2D eigenvalue weighted by Crippen LogP contribution is 1.98. The van der Waals surface area contributed by atoms with Gasteiger partial charge in [-0.05, 0) is 6.07 Å². The Labute approximate surface area is 98.2 Å². The van der Waals surface area contributed by atoms with Crippen LogP contribution >= 0.6 is 0 Å². The molecule has 7 nitrogen and oxygen atoms in total. The predicted octanol–water partition coefficient (Wildman–Crippen LogP) is -0.485. The number of carbonyl (C=O) groups excluding carboxylic acids is 1. The van der Waals surface area contributed by atoms with E-state index < -0.39 is 0 Å². The maximum absolute atomic E-state index is 11.6. The summed E-state index contributed by atoms with van der Waals surface area (Å²) >= 11 is 0. The summed E-state index contributed by atoms with van der Waals surface area (Å²) in [5.41, 5.74) is 6.99. The van der Waals surface area contributed by atoms with Crippen molar-refractivity contribution in [2.75, 3.05) is 5.73 Å². The van der Waals surface area contributed by atoms with Crippen LogP contribution in [0.2, 0.25) is 0 Å². The van der Waals surface area contributed by atoms with Crippen LogP contribution in [0.4, 0.5) is 5.69 Å². The molecule has 2 aromatic heterocycles. The van der Waals surface area contributed by atoms with Crippen molar-refractivity contribution in [3.63, 3.8) is 0 Å². The molecule has 2 aromatic rings. The fourth-order valence-electron chi connectivity index (χ4n) is 1.43. The topological polar surface area (TPSA) is 90.8 Å². The minimum absolute atomic E-state index is 0.116. The first-order valence-corrected chi connectivity index (χ1v) is 5.16. The Morgan fingerprint density at radius 2 is 2.35 bits per heavy atom. The predicted molar refractivity (Wildman–Crippen MR) is 61.7 cm³/mol. The number of hydrogen-bond acceptors (Lipinski definition) is 4. The summed E-state index contributed by atoms with van der Waals surface area (Å²) in [4.78, 5) is 11.6. The van der Waals surface area contributed by atoms with Gasteiger partial charge in [0, 0.05) is 19.4 Å². The number of aryl methyl sites for hydroxylation is 1. The normalized spacial score (nSPS) is 10.4. The van der Waals surface area contributed by atoms with E-state index >= 15 is 0 Å². The second-order valence-electron chi connectivity index (χ2n) is 3.69. The minimum atomic E-state index is -0.116. The highest BCUT2D eigenvalue weighted by Gasteiger charge is 2.05. The van der Waals surface area contributed by atoms with E-state index in [4.69, 9.17) is 5.73 Å². The van der Waals surface area contributed by atoms with Crippen LogP contribution in [0.1, 0.15) is 5.69 Å². The van der Waals surface area contributed by atoms with Crippen LogP contribution in [0, 0.1) is 0 Å². The molecular formula is C10H14N6O. The summed E-state index contributed by atoms with van der Waals surface area (Å²) in [6.07, 6.45) is 4.81. The molecule has 0 saturated carbocycles.